The lowest BCUT2D eigenvalue weighted by atomic mass is 10.0. The Labute approximate surface area is 146 Å². The molecule has 0 amide bonds. The molecule has 1 unspecified atom stereocenters. The molecule has 4 heteroatoms. The third kappa shape index (κ3) is 5.76. The number of benzene rings is 1. The van der Waals surface area contributed by atoms with Crippen molar-refractivity contribution in [1.82, 2.24) is 4.31 Å². The third-order valence-electron chi connectivity index (χ3n) is 3.52. The summed E-state index contributed by atoms with van der Waals surface area (Å²) >= 11 is 0. The number of sulfonamides is 1. The fraction of sp³-hybridized carbons (Fsp3) is 0.350. The van der Waals surface area contributed by atoms with Crippen LogP contribution in [0.4, 0.5) is 0 Å². The number of hydrogen-bond acceptors (Lipinski definition) is 2. The number of rotatable bonds is 8. The molecule has 0 spiro atoms. The summed E-state index contributed by atoms with van der Waals surface area (Å²) in [5.41, 5.74) is 4.01. The van der Waals surface area contributed by atoms with Crippen LogP contribution in [0.2, 0.25) is 0 Å². The fourth-order valence-corrected chi connectivity index (χ4v) is 3.61. The van der Waals surface area contributed by atoms with Crippen molar-refractivity contribution in [3.8, 4) is 24.7 Å². The van der Waals surface area contributed by atoms with Crippen molar-refractivity contribution in [3.05, 3.63) is 47.7 Å². The summed E-state index contributed by atoms with van der Waals surface area (Å²) in [5.74, 6) is 4.99. The van der Waals surface area contributed by atoms with E-state index in [1.807, 2.05) is 19.9 Å². The molecular weight excluding hydrogens is 318 g/mol. The van der Waals surface area contributed by atoms with E-state index in [1.165, 1.54) is 4.31 Å². The molecule has 0 saturated heterocycles. The van der Waals surface area contributed by atoms with Crippen LogP contribution < -0.4 is 0 Å². The van der Waals surface area contributed by atoms with Crippen molar-refractivity contribution in [1.29, 1.82) is 0 Å². The van der Waals surface area contributed by atoms with Gasteiger partial charge in [-0.25, -0.2) is 8.42 Å². The standard InChI is InChI=1S/C20H23NO2S/c1-5-8-10-19(11-9-6-2)17-21(16-7-3)24(22,23)20-14-12-18(4)13-15-20/h1,3,6,11-15,19H,8,10,16-17H2,2,4H3. The number of nitrogens with zero attached hydrogens (tertiary/aromatic N) is 1. The Hall–Kier alpha value is -2.23. The molecule has 1 atom stereocenters. The molecule has 1 aromatic carbocycles. The van der Waals surface area contributed by atoms with E-state index in [9.17, 15) is 8.42 Å². The second-order valence-electron chi connectivity index (χ2n) is 5.44. The van der Waals surface area contributed by atoms with Gasteiger partial charge in [0.1, 0.15) is 0 Å². The maximum absolute atomic E-state index is 12.9. The molecule has 0 aromatic heterocycles. The predicted molar refractivity (Wildman–Crippen MR) is 98.7 cm³/mol. The van der Waals surface area contributed by atoms with Crippen LogP contribution in [-0.2, 0) is 10.0 Å². The molecular formula is C20H23NO2S. The highest BCUT2D eigenvalue weighted by atomic mass is 32.2. The Morgan fingerprint density at radius 1 is 1.21 bits per heavy atom. The number of hydrogen-bond donors (Lipinski definition) is 0. The first-order chi connectivity index (χ1) is 11.5. The minimum Gasteiger partial charge on any atom is -0.207 e. The fourth-order valence-electron chi connectivity index (χ4n) is 2.20. The first-order valence-corrected chi connectivity index (χ1v) is 9.20. The summed E-state index contributed by atoms with van der Waals surface area (Å²) in [6, 6.07) is 6.76. The Balaban J connectivity index is 3.11. The van der Waals surface area contributed by atoms with Crippen LogP contribution in [0.15, 0.2) is 47.0 Å². The number of aryl methyl sites for hydroxylation is 1. The second-order valence-corrected chi connectivity index (χ2v) is 7.38. The zero-order chi connectivity index (χ0) is 18.0. The summed E-state index contributed by atoms with van der Waals surface area (Å²) in [4.78, 5) is 0.245. The topological polar surface area (TPSA) is 37.4 Å². The Bertz CT molecular complexity index is 770. The molecule has 3 nitrogen and oxygen atoms in total. The van der Waals surface area contributed by atoms with Crippen molar-refractivity contribution in [2.75, 3.05) is 13.1 Å². The normalized spacial score (nSPS) is 11.9. The van der Waals surface area contributed by atoms with Gasteiger partial charge in [0.25, 0.3) is 0 Å². The molecule has 0 N–H and O–H groups in total. The van der Waals surface area contributed by atoms with Crippen LogP contribution in [-0.4, -0.2) is 25.8 Å². The van der Waals surface area contributed by atoms with Gasteiger partial charge in [0.2, 0.25) is 10.0 Å². The predicted octanol–water partition coefficient (Wildman–Crippen LogP) is 3.38. The van der Waals surface area contributed by atoms with Crippen LogP contribution in [0.1, 0.15) is 25.3 Å². The van der Waals surface area contributed by atoms with Crippen LogP contribution >= 0.6 is 0 Å². The smallest absolute Gasteiger partial charge is 0.207 e. The van der Waals surface area contributed by atoms with E-state index in [4.69, 9.17) is 12.8 Å². The molecule has 1 rings (SSSR count). The van der Waals surface area contributed by atoms with Gasteiger partial charge >= 0.3 is 0 Å². The average molecular weight is 341 g/mol. The van der Waals surface area contributed by atoms with E-state index in [0.717, 1.165) is 5.56 Å². The zero-order valence-electron chi connectivity index (χ0n) is 14.2. The van der Waals surface area contributed by atoms with Crippen molar-refractivity contribution in [2.24, 2.45) is 5.92 Å². The number of terminal acetylenes is 2. The van der Waals surface area contributed by atoms with Crippen LogP contribution in [0, 0.1) is 37.5 Å². The Morgan fingerprint density at radius 3 is 2.42 bits per heavy atom. The molecule has 0 aliphatic heterocycles. The molecule has 0 aliphatic rings. The SMILES string of the molecule is C#CCCC(C=C=CC)CN(CC#C)S(=O)(=O)c1ccc(C)cc1. The van der Waals surface area contributed by atoms with Gasteiger partial charge in [0.05, 0.1) is 11.4 Å². The van der Waals surface area contributed by atoms with Crippen LogP contribution in [0.5, 0.6) is 0 Å². The highest BCUT2D eigenvalue weighted by Gasteiger charge is 2.25. The average Bonchev–Trinajstić information content (AvgIpc) is 2.56. The summed E-state index contributed by atoms with van der Waals surface area (Å²) in [6.07, 6.45) is 15.6. The second kappa shape index (κ2) is 9.81. The maximum atomic E-state index is 12.9. The first-order valence-electron chi connectivity index (χ1n) is 7.76. The van der Waals surface area contributed by atoms with Gasteiger partial charge in [-0.15, -0.1) is 24.5 Å². The van der Waals surface area contributed by atoms with E-state index in [0.29, 0.717) is 12.8 Å². The third-order valence-corrected chi connectivity index (χ3v) is 5.35. The molecule has 0 radical (unpaired) electrons. The lowest BCUT2D eigenvalue weighted by Gasteiger charge is -2.23. The van der Waals surface area contributed by atoms with Gasteiger partial charge in [0.15, 0.2) is 0 Å². The van der Waals surface area contributed by atoms with Gasteiger partial charge in [-0.1, -0.05) is 23.6 Å². The van der Waals surface area contributed by atoms with E-state index in [-0.39, 0.29) is 23.9 Å². The van der Waals surface area contributed by atoms with Gasteiger partial charge in [-0.3, -0.25) is 0 Å². The maximum Gasteiger partial charge on any atom is 0.243 e. The van der Waals surface area contributed by atoms with Crippen molar-refractivity contribution in [3.63, 3.8) is 0 Å². The van der Waals surface area contributed by atoms with Gasteiger partial charge in [-0.2, -0.15) is 4.31 Å². The van der Waals surface area contributed by atoms with E-state index in [2.05, 4.69) is 17.6 Å². The zero-order valence-corrected chi connectivity index (χ0v) is 15.0. The summed E-state index contributed by atoms with van der Waals surface area (Å²) in [7, 11) is -3.64. The van der Waals surface area contributed by atoms with E-state index >= 15 is 0 Å². The summed E-state index contributed by atoms with van der Waals surface area (Å²) < 4.78 is 27.1. The molecule has 0 bridgehead atoms. The van der Waals surface area contributed by atoms with Crippen LogP contribution in [0.3, 0.4) is 0 Å². The molecule has 1 aromatic rings. The van der Waals surface area contributed by atoms with Gasteiger partial charge in [0, 0.05) is 13.0 Å². The monoisotopic (exact) mass is 341 g/mol. The Morgan fingerprint density at radius 2 is 1.88 bits per heavy atom. The lowest BCUT2D eigenvalue weighted by molar-refractivity contribution is 0.392. The van der Waals surface area contributed by atoms with Crippen molar-refractivity contribution < 1.29 is 8.42 Å². The summed E-state index contributed by atoms with van der Waals surface area (Å²) in [6.45, 7) is 4.07. The molecule has 24 heavy (non-hydrogen) atoms. The quantitative estimate of drug-likeness (QED) is 0.537. The van der Waals surface area contributed by atoms with Crippen molar-refractivity contribution >= 4 is 10.0 Å². The summed E-state index contributed by atoms with van der Waals surface area (Å²) in [5, 5.41) is 0. The van der Waals surface area contributed by atoms with E-state index < -0.39 is 10.0 Å². The molecule has 0 aliphatic carbocycles. The molecule has 126 valence electrons. The van der Waals surface area contributed by atoms with Gasteiger partial charge in [-0.05, 0) is 50.5 Å². The lowest BCUT2D eigenvalue weighted by Crippen LogP contribution is -2.35. The minimum absolute atomic E-state index is 0.0203. The Kier molecular flexibility index (Phi) is 8.10. The van der Waals surface area contributed by atoms with Gasteiger partial charge < -0.3 is 0 Å². The molecule has 0 saturated carbocycles. The minimum atomic E-state index is -3.64. The highest BCUT2D eigenvalue weighted by molar-refractivity contribution is 7.89. The first kappa shape index (κ1) is 19.8. The molecule has 0 heterocycles. The van der Waals surface area contributed by atoms with Crippen molar-refractivity contribution in [2.45, 2.75) is 31.6 Å². The van der Waals surface area contributed by atoms with E-state index in [1.54, 1.807) is 30.3 Å². The largest absolute Gasteiger partial charge is 0.243 e. The van der Waals surface area contributed by atoms with Crippen LogP contribution in [0.25, 0.3) is 0 Å². The highest BCUT2D eigenvalue weighted by Crippen LogP contribution is 2.19. The molecule has 0 fully saturated rings.